The summed E-state index contributed by atoms with van der Waals surface area (Å²) in [5.41, 5.74) is 15.3. The van der Waals surface area contributed by atoms with E-state index < -0.39 is 0 Å². The average molecular weight is 654 g/mol. The van der Waals surface area contributed by atoms with E-state index in [9.17, 15) is 0 Å². The summed E-state index contributed by atoms with van der Waals surface area (Å²) in [6.45, 7) is 4.68. The van der Waals surface area contributed by atoms with Gasteiger partial charge in [0.1, 0.15) is 11.2 Å². The zero-order valence-electron chi connectivity index (χ0n) is 28.6. The summed E-state index contributed by atoms with van der Waals surface area (Å²) in [6.07, 6.45) is 0. The van der Waals surface area contributed by atoms with Gasteiger partial charge in [0.05, 0.1) is 0 Å². The first-order valence-electron chi connectivity index (χ1n) is 17.7. The van der Waals surface area contributed by atoms with Gasteiger partial charge in [-0.1, -0.05) is 147 Å². The summed E-state index contributed by atoms with van der Waals surface area (Å²) in [5.74, 6) is 0. The molecule has 1 aliphatic carbocycles. The predicted molar refractivity (Wildman–Crippen MR) is 214 cm³/mol. The van der Waals surface area contributed by atoms with Crippen LogP contribution in [0.2, 0.25) is 0 Å². The minimum absolute atomic E-state index is 0.0309. The molecular formula is C49H35NO. The number of nitrogens with zero attached hydrogens (tertiary/aromatic N) is 1. The zero-order chi connectivity index (χ0) is 34.1. The van der Waals surface area contributed by atoms with Crippen molar-refractivity contribution in [3.8, 4) is 33.4 Å². The lowest BCUT2D eigenvalue weighted by Gasteiger charge is -2.26. The molecule has 0 bridgehead atoms. The molecule has 10 rings (SSSR count). The van der Waals surface area contributed by atoms with E-state index in [0.717, 1.165) is 50.1 Å². The summed E-state index contributed by atoms with van der Waals surface area (Å²) >= 11 is 0. The summed E-state index contributed by atoms with van der Waals surface area (Å²) in [6, 6.07) is 63.6. The Hall–Kier alpha value is -6.38. The molecule has 0 N–H and O–H groups in total. The second kappa shape index (κ2) is 11.3. The van der Waals surface area contributed by atoms with Crippen LogP contribution in [-0.4, -0.2) is 0 Å². The highest BCUT2D eigenvalue weighted by molar-refractivity contribution is 6.09. The number of furan rings is 1. The number of anilines is 3. The topological polar surface area (TPSA) is 16.4 Å². The first-order valence-corrected chi connectivity index (χ1v) is 17.7. The fourth-order valence-electron chi connectivity index (χ4n) is 8.31. The number of benzene rings is 8. The van der Waals surface area contributed by atoms with Gasteiger partial charge in [0.2, 0.25) is 0 Å². The molecule has 0 amide bonds. The van der Waals surface area contributed by atoms with Crippen LogP contribution >= 0.6 is 0 Å². The third kappa shape index (κ3) is 4.64. The minimum atomic E-state index is -0.0309. The molecule has 0 spiro atoms. The van der Waals surface area contributed by atoms with Crippen molar-refractivity contribution in [2.45, 2.75) is 19.3 Å². The zero-order valence-corrected chi connectivity index (χ0v) is 28.6. The van der Waals surface area contributed by atoms with E-state index in [0.29, 0.717) is 0 Å². The van der Waals surface area contributed by atoms with Crippen molar-refractivity contribution in [1.82, 2.24) is 0 Å². The average Bonchev–Trinajstić information content (AvgIpc) is 3.68. The molecule has 242 valence electrons. The molecule has 1 heterocycles. The van der Waals surface area contributed by atoms with Gasteiger partial charge >= 0.3 is 0 Å². The fraction of sp³-hybridized carbons (Fsp3) is 0.0612. The highest BCUT2D eigenvalue weighted by Gasteiger charge is 2.36. The van der Waals surface area contributed by atoms with Gasteiger partial charge in [-0.3, -0.25) is 0 Å². The Balaban J connectivity index is 1.08. The summed E-state index contributed by atoms with van der Waals surface area (Å²) < 4.78 is 6.39. The van der Waals surface area contributed by atoms with Crippen LogP contribution in [0.15, 0.2) is 180 Å². The first kappa shape index (κ1) is 29.5. The van der Waals surface area contributed by atoms with Crippen molar-refractivity contribution in [1.29, 1.82) is 0 Å². The normalized spacial score (nSPS) is 13.1. The molecular weight excluding hydrogens is 619 g/mol. The van der Waals surface area contributed by atoms with E-state index in [1.807, 2.05) is 12.1 Å². The molecule has 9 aromatic rings. The van der Waals surface area contributed by atoms with Crippen LogP contribution in [0.5, 0.6) is 0 Å². The SMILES string of the molecule is CC1(C)c2ccccc2-c2c(-c3ccc(N(c4ccc(-c5cccc6c5oc5ccccc56)cc4)c4ccc5ccccc5c4)cc3)cccc21. The summed E-state index contributed by atoms with van der Waals surface area (Å²) in [5, 5.41) is 4.73. The molecule has 2 heteroatoms. The van der Waals surface area contributed by atoms with Crippen LogP contribution < -0.4 is 4.90 Å². The van der Waals surface area contributed by atoms with Gasteiger partial charge in [0, 0.05) is 38.8 Å². The Labute approximate surface area is 297 Å². The number of hydrogen-bond donors (Lipinski definition) is 0. The number of fused-ring (bicyclic) bond motifs is 7. The maximum atomic E-state index is 6.39. The summed E-state index contributed by atoms with van der Waals surface area (Å²) in [4.78, 5) is 2.36. The van der Waals surface area contributed by atoms with Gasteiger partial charge in [0.15, 0.2) is 0 Å². The number of hydrogen-bond acceptors (Lipinski definition) is 2. The van der Waals surface area contributed by atoms with Crippen molar-refractivity contribution in [3.63, 3.8) is 0 Å². The standard InChI is InChI=1S/C49H35NO/c1-49(2)44-18-7-5-14-43(44)47-39(15-10-19-45(47)49)33-22-26-36(27-23-33)50(38-30-21-32-11-3-4-12-35(32)31-38)37-28-24-34(25-29-37)40-16-9-17-42-41-13-6-8-20-46(41)51-48(40)42/h3-31H,1-2H3. The first-order chi connectivity index (χ1) is 25.0. The van der Waals surface area contributed by atoms with E-state index >= 15 is 0 Å². The molecule has 0 aliphatic heterocycles. The van der Waals surface area contributed by atoms with Gasteiger partial charge in [-0.05, 0) is 92.2 Å². The Kier molecular flexibility index (Phi) is 6.56. The lowest BCUT2D eigenvalue weighted by Crippen LogP contribution is -2.14. The molecule has 0 fully saturated rings. The Bertz CT molecular complexity index is 2770. The predicted octanol–water partition coefficient (Wildman–Crippen LogP) is 13.8. The lowest BCUT2D eigenvalue weighted by atomic mass is 9.82. The minimum Gasteiger partial charge on any atom is -0.455 e. The van der Waals surface area contributed by atoms with Crippen LogP contribution in [0.1, 0.15) is 25.0 Å². The van der Waals surface area contributed by atoms with Crippen molar-refractivity contribution < 1.29 is 4.42 Å². The second-order valence-corrected chi connectivity index (χ2v) is 14.1. The molecule has 1 aromatic heterocycles. The third-order valence-corrected chi connectivity index (χ3v) is 10.9. The van der Waals surface area contributed by atoms with Gasteiger partial charge < -0.3 is 9.32 Å². The van der Waals surface area contributed by atoms with E-state index in [-0.39, 0.29) is 5.41 Å². The van der Waals surface area contributed by atoms with E-state index in [1.165, 1.54) is 44.2 Å². The van der Waals surface area contributed by atoms with Gasteiger partial charge in [0.25, 0.3) is 0 Å². The van der Waals surface area contributed by atoms with Crippen LogP contribution in [0.3, 0.4) is 0 Å². The molecule has 0 atom stereocenters. The monoisotopic (exact) mass is 653 g/mol. The highest BCUT2D eigenvalue weighted by atomic mass is 16.3. The molecule has 0 unspecified atom stereocenters. The number of para-hydroxylation sites is 2. The van der Waals surface area contributed by atoms with Crippen LogP contribution in [0.4, 0.5) is 17.1 Å². The van der Waals surface area contributed by atoms with Crippen molar-refractivity contribution in [2.24, 2.45) is 0 Å². The molecule has 8 aromatic carbocycles. The van der Waals surface area contributed by atoms with Gasteiger partial charge in [-0.15, -0.1) is 0 Å². The van der Waals surface area contributed by atoms with E-state index in [2.05, 4.69) is 183 Å². The maximum absolute atomic E-state index is 6.39. The van der Waals surface area contributed by atoms with Crippen LogP contribution in [0, 0.1) is 0 Å². The molecule has 0 radical (unpaired) electrons. The van der Waals surface area contributed by atoms with Crippen molar-refractivity contribution in [3.05, 3.63) is 187 Å². The quantitative estimate of drug-likeness (QED) is 0.184. The van der Waals surface area contributed by atoms with Crippen LogP contribution in [0.25, 0.3) is 66.1 Å². The Morgan fingerprint density at radius 2 is 1.00 bits per heavy atom. The van der Waals surface area contributed by atoms with E-state index in [1.54, 1.807) is 0 Å². The maximum Gasteiger partial charge on any atom is 0.143 e. The van der Waals surface area contributed by atoms with Crippen molar-refractivity contribution in [2.75, 3.05) is 4.90 Å². The Morgan fingerprint density at radius 1 is 0.431 bits per heavy atom. The summed E-state index contributed by atoms with van der Waals surface area (Å²) in [7, 11) is 0. The largest absolute Gasteiger partial charge is 0.455 e. The van der Waals surface area contributed by atoms with Crippen LogP contribution in [-0.2, 0) is 5.41 Å². The van der Waals surface area contributed by atoms with Crippen molar-refractivity contribution >= 4 is 49.8 Å². The second-order valence-electron chi connectivity index (χ2n) is 14.1. The smallest absolute Gasteiger partial charge is 0.143 e. The highest BCUT2D eigenvalue weighted by Crippen LogP contribution is 2.52. The Morgan fingerprint density at radius 3 is 1.80 bits per heavy atom. The van der Waals surface area contributed by atoms with E-state index in [4.69, 9.17) is 4.42 Å². The van der Waals surface area contributed by atoms with Gasteiger partial charge in [-0.25, -0.2) is 0 Å². The number of rotatable bonds is 5. The molecule has 1 aliphatic rings. The molecule has 2 nitrogen and oxygen atoms in total. The third-order valence-electron chi connectivity index (χ3n) is 10.9. The molecule has 51 heavy (non-hydrogen) atoms. The fourth-order valence-corrected chi connectivity index (χ4v) is 8.31. The van der Waals surface area contributed by atoms with Gasteiger partial charge in [-0.2, -0.15) is 0 Å². The molecule has 0 saturated heterocycles. The lowest BCUT2D eigenvalue weighted by molar-refractivity contribution is 0.660. The molecule has 0 saturated carbocycles.